The molecular formula is C8H22SSi. The smallest absolute Gasteiger partial charge is 0.0652 e. The lowest BCUT2D eigenvalue weighted by Gasteiger charge is -1.93. The number of hydrogen-bond donors (Lipinski definition) is 1. The van der Waals surface area contributed by atoms with E-state index in [1.54, 1.807) is 0 Å². The summed E-state index contributed by atoms with van der Waals surface area (Å²) < 4.78 is 0. The highest BCUT2D eigenvalue weighted by Gasteiger charge is 1.83. The third-order valence-corrected chi connectivity index (χ3v) is 1.46. The van der Waals surface area contributed by atoms with Crippen molar-refractivity contribution in [2.24, 2.45) is 0 Å². The molecule has 10 heavy (non-hydrogen) atoms. The van der Waals surface area contributed by atoms with Crippen molar-refractivity contribution >= 4 is 21.5 Å². The predicted molar refractivity (Wildman–Crippen MR) is 58.0 cm³/mol. The van der Waals surface area contributed by atoms with E-state index < -0.39 is 0 Å². The molecule has 0 saturated carbocycles. The Bertz CT molecular complexity index is 34.2. The van der Waals surface area contributed by atoms with Crippen LogP contribution in [0.5, 0.6) is 0 Å². The largest absolute Gasteiger partial charge is 0.214 e. The van der Waals surface area contributed by atoms with Gasteiger partial charge >= 0.3 is 0 Å². The standard InChI is InChI=1S/C8H18.H4SSi/c1-3-5-7-8-6-4-2;1-2/h3-8H2,1-2H3;1H,2H3. The fourth-order valence-electron chi connectivity index (χ4n) is 0.854. The lowest BCUT2D eigenvalue weighted by molar-refractivity contribution is 0.624. The van der Waals surface area contributed by atoms with Crippen LogP contribution in [-0.4, -0.2) is 9.39 Å². The minimum atomic E-state index is 1.00. The summed E-state index contributed by atoms with van der Waals surface area (Å²) in [6, 6.07) is 0. The Morgan fingerprint density at radius 1 is 0.800 bits per heavy atom. The van der Waals surface area contributed by atoms with Gasteiger partial charge in [0.15, 0.2) is 0 Å². The molecule has 0 unspecified atom stereocenters. The van der Waals surface area contributed by atoms with Crippen LogP contribution >= 0.6 is 12.1 Å². The van der Waals surface area contributed by atoms with Crippen molar-refractivity contribution in [3.63, 3.8) is 0 Å². The maximum Gasteiger partial charge on any atom is 0.0652 e. The lowest BCUT2D eigenvalue weighted by atomic mass is 10.1. The van der Waals surface area contributed by atoms with E-state index in [-0.39, 0.29) is 0 Å². The second kappa shape index (κ2) is 16.3. The minimum Gasteiger partial charge on any atom is -0.214 e. The highest BCUT2D eigenvalue weighted by Crippen LogP contribution is 2.03. The van der Waals surface area contributed by atoms with Crippen LogP contribution in [0.4, 0.5) is 0 Å². The van der Waals surface area contributed by atoms with Crippen LogP contribution in [-0.2, 0) is 0 Å². The third-order valence-electron chi connectivity index (χ3n) is 1.46. The Hall–Kier alpha value is 0.567. The van der Waals surface area contributed by atoms with Gasteiger partial charge in [0, 0.05) is 0 Å². The molecule has 0 nitrogen and oxygen atoms in total. The normalized spacial score (nSPS) is 8.70. The van der Waals surface area contributed by atoms with E-state index in [1.807, 2.05) is 0 Å². The predicted octanol–water partition coefficient (Wildman–Crippen LogP) is 2.56. The van der Waals surface area contributed by atoms with Gasteiger partial charge in [0.05, 0.1) is 9.39 Å². The van der Waals surface area contributed by atoms with Crippen LogP contribution in [0.15, 0.2) is 0 Å². The average Bonchev–Trinajstić information content (AvgIpc) is 2.02. The molecule has 0 spiro atoms. The minimum absolute atomic E-state index is 1.00. The first-order valence-electron chi connectivity index (χ1n) is 4.36. The second-order valence-corrected chi connectivity index (χ2v) is 2.41. The molecule has 0 amide bonds. The summed E-state index contributed by atoms with van der Waals surface area (Å²) in [5, 5.41) is 0. The second-order valence-electron chi connectivity index (χ2n) is 2.41. The van der Waals surface area contributed by atoms with Crippen LogP contribution in [0.3, 0.4) is 0 Å². The van der Waals surface area contributed by atoms with Crippen molar-refractivity contribution in [3.05, 3.63) is 0 Å². The maximum atomic E-state index is 3.67. The summed E-state index contributed by atoms with van der Waals surface area (Å²) in [6.07, 6.45) is 8.49. The van der Waals surface area contributed by atoms with E-state index >= 15 is 0 Å². The molecule has 0 aromatic rings. The molecule has 0 heterocycles. The van der Waals surface area contributed by atoms with Gasteiger partial charge in [-0.1, -0.05) is 52.4 Å². The number of hydrogen-bond acceptors (Lipinski definition) is 1. The van der Waals surface area contributed by atoms with Gasteiger partial charge in [-0.05, 0) is 0 Å². The first-order chi connectivity index (χ1) is 4.91. The molecule has 64 valence electrons. The molecule has 2 heteroatoms. The highest BCUT2D eigenvalue weighted by molar-refractivity contribution is 8.03. The van der Waals surface area contributed by atoms with Crippen LogP contribution in [0, 0.1) is 0 Å². The van der Waals surface area contributed by atoms with Crippen molar-refractivity contribution in [2.45, 2.75) is 52.4 Å². The first kappa shape index (κ1) is 13.2. The molecule has 0 aromatic heterocycles. The van der Waals surface area contributed by atoms with E-state index in [0.717, 1.165) is 9.39 Å². The summed E-state index contributed by atoms with van der Waals surface area (Å²) in [5.41, 5.74) is 0. The quantitative estimate of drug-likeness (QED) is 0.373. The van der Waals surface area contributed by atoms with Crippen LogP contribution in [0.1, 0.15) is 52.4 Å². The molecular weight excluding hydrogens is 156 g/mol. The summed E-state index contributed by atoms with van der Waals surface area (Å²) >= 11 is 3.67. The van der Waals surface area contributed by atoms with Crippen molar-refractivity contribution in [1.82, 2.24) is 0 Å². The molecule has 0 aromatic carbocycles. The molecule has 0 atom stereocenters. The Morgan fingerprint density at radius 3 is 1.30 bits per heavy atom. The Balaban J connectivity index is 0. The highest BCUT2D eigenvalue weighted by atomic mass is 32.3. The molecule has 0 N–H and O–H groups in total. The maximum absolute atomic E-state index is 3.67. The van der Waals surface area contributed by atoms with Crippen molar-refractivity contribution in [2.75, 3.05) is 0 Å². The lowest BCUT2D eigenvalue weighted by Crippen LogP contribution is -1.73. The molecule has 0 aliphatic rings. The number of rotatable bonds is 5. The summed E-state index contributed by atoms with van der Waals surface area (Å²) in [4.78, 5) is 0. The van der Waals surface area contributed by atoms with Gasteiger partial charge in [-0.15, -0.1) is 0 Å². The van der Waals surface area contributed by atoms with Crippen molar-refractivity contribution < 1.29 is 0 Å². The molecule has 0 fully saturated rings. The molecule has 0 saturated heterocycles. The Morgan fingerprint density at radius 2 is 1.10 bits per heavy atom. The fraction of sp³-hybridized carbons (Fsp3) is 1.00. The van der Waals surface area contributed by atoms with Gasteiger partial charge in [0.25, 0.3) is 0 Å². The van der Waals surface area contributed by atoms with Crippen LogP contribution in [0.25, 0.3) is 0 Å². The SMILES string of the molecule is CCCCCCCC.[SiH3]S. The summed E-state index contributed by atoms with van der Waals surface area (Å²) in [7, 11) is 1.00. The Labute approximate surface area is 74.3 Å². The van der Waals surface area contributed by atoms with Crippen molar-refractivity contribution in [1.29, 1.82) is 0 Å². The molecule has 0 bridgehead atoms. The topological polar surface area (TPSA) is 0 Å². The first-order valence-corrected chi connectivity index (χ1v) is 7.94. The zero-order valence-corrected chi connectivity index (χ0v) is 10.6. The van der Waals surface area contributed by atoms with E-state index in [2.05, 4.69) is 25.9 Å². The van der Waals surface area contributed by atoms with E-state index in [4.69, 9.17) is 0 Å². The van der Waals surface area contributed by atoms with Crippen molar-refractivity contribution in [3.8, 4) is 0 Å². The summed E-state index contributed by atoms with van der Waals surface area (Å²) in [5.74, 6) is 0. The van der Waals surface area contributed by atoms with Gasteiger partial charge in [-0.3, -0.25) is 0 Å². The number of thiol groups is 1. The fourth-order valence-corrected chi connectivity index (χ4v) is 0.854. The van der Waals surface area contributed by atoms with Gasteiger partial charge in [0.2, 0.25) is 0 Å². The zero-order valence-electron chi connectivity index (χ0n) is 7.69. The van der Waals surface area contributed by atoms with Gasteiger partial charge in [-0.2, -0.15) is 0 Å². The molecule has 0 aliphatic carbocycles. The van der Waals surface area contributed by atoms with E-state index in [1.165, 1.54) is 38.5 Å². The molecule has 0 rings (SSSR count). The summed E-state index contributed by atoms with van der Waals surface area (Å²) in [6.45, 7) is 4.51. The average molecular weight is 178 g/mol. The molecule has 0 radical (unpaired) electrons. The van der Waals surface area contributed by atoms with Crippen LogP contribution < -0.4 is 0 Å². The number of unbranched alkanes of at least 4 members (excludes halogenated alkanes) is 5. The zero-order chi connectivity index (χ0) is 8.24. The molecule has 0 aliphatic heterocycles. The monoisotopic (exact) mass is 178 g/mol. The third kappa shape index (κ3) is 15.8. The van der Waals surface area contributed by atoms with E-state index in [9.17, 15) is 0 Å². The van der Waals surface area contributed by atoms with Gasteiger partial charge in [-0.25, -0.2) is 12.1 Å². The van der Waals surface area contributed by atoms with Crippen LogP contribution in [0.2, 0.25) is 0 Å². The van der Waals surface area contributed by atoms with Gasteiger partial charge in [0.1, 0.15) is 0 Å². The Kier molecular flexibility index (Phi) is 21.5. The van der Waals surface area contributed by atoms with E-state index in [0.29, 0.717) is 0 Å². The van der Waals surface area contributed by atoms with Gasteiger partial charge < -0.3 is 0 Å².